The number of carbonyl (C=O) groups is 20. The van der Waals surface area contributed by atoms with Gasteiger partial charge in [-0.05, 0) is 170 Å². The van der Waals surface area contributed by atoms with Gasteiger partial charge in [0.2, 0.25) is 70.9 Å². The van der Waals surface area contributed by atoms with E-state index in [1.54, 1.807) is 6.08 Å². The molecule has 10 atom stereocenters. The highest BCUT2D eigenvalue weighted by molar-refractivity contribution is 6.06. The second-order valence-electron chi connectivity index (χ2n) is 32.6. The number of aliphatic hydroxyl groups is 1. The summed E-state index contributed by atoms with van der Waals surface area (Å²) in [5.74, 6) is -22.2. The number of H-pyrrole nitrogens is 1. The number of unbranched alkanes of at least 4 members (excludes halogenated alkanes) is 5. The quantitative estimate of drug-likeness (QED) is 0.0308. The Morgan fingerprint density at radius 2 is 1.02 bits per heavy atom. The molecule has 0 saturated heterocycles. The van der Waals surface area contributed by atoms with Crippen LogP contribution in [0.3, 0.4) is 0 Å². The van der Waals surface area contributed by atoms with Crippen LogP contribution in [0.25, 0.3) is 18.2 Å². The third kappa shape index (κ3) is 37.7. The van der Waals surface area contributed by atoms with Crippen LogP contribution in [-0.4, -0.2) is 266 Å². The first-order chi connectivity index (χ1) is 62.3. The summed E-state index contributed by atoms with van der Waals surface area (Å²) in [5.41, 5.74) is 16.4. The Balaban J connectivity index is 1.25. The first-order valence-electron chi connectivity index (χ1n) is 43.5. The van der Waals surface area contributed by atoms with E-state index in [1.807, 2.05) is 52.1 Å². The van der Waals surface area contributed by atoms with Crippen molar-refractivity contribution in [2.75, 3.05) is 45.9 Å². The van der Waals surface area contributed by atoms with Crippen LogP contribution in [0, 0.1) is 24.7 Å². The molecule has 45 heteroatoms. The van der Waals surface area contributed by atoms with Crippen molar-refractivity contribution < 1.29 is 132 Å². The number of fused-ring (bicyclic) bond motifs is 1. The second-order valence-corrected chi connectivity index (χ2v) is 32.6. The lowest BCUT2D eigenvalue weighted by Crippen LogP contribution is -2.60. The van der Waals surface area contributed by atoms with Gasteiger partial charge in [0, 0.05) is 104 Å². The summed E-state index contributed by atoms with van der Waals surface area (Å²) in [5, 5.41) is 99.8. The van der Waals surface area contributed by atoms with E-state index in [0.29, 0.717) is 62.8 Å². The number of amides is 14. The third-order valence-electron chi connectivity index (χ3n) is 22.1. The van der Waals surface area contributed by atoms with E-state index >= 15 is 0 Å². The van der Waals surface area contributed by atoms with E-state index in [9.17, 15) is 127 Å². The first-order valence-corrected chi connectivity index (χ1v) is 43.5. The standard InChI is InChI=1S/C87H126N18O27/c1-11-52-47(7)59(96-49(52)9)36-61-53(12-2)48(8)60(97-61)35-58(89-10)46(6)50(33-51-34-65(107)76-45(5)39-93-78(51)76)25-28-68(110)92-40-69(111)99-63(38-75(120)121)83(126)101-55(26-29-72(114)115)82(125)105-77(44(3)4)84(127)102-62(37-74(118)119)80(123)94-42-71(113)100-64(43-106)81(124)95-41-70(112)98-54(79(88)122)21-17-19-31-90-66(108)23-15-13-14-16-24-67(109)91-32-20-18-22-56(85(128)129)103-87(132)104-57(86(130)131)27-30-73(116)117/h12,35-36,44,46,50,54-57,62-64,77,93,97,106H,2,10-11,13-34,37-43H2,1,3-9H3,(H2,88,122)(H,90,108)(H,91,109)(H,92,110)(H,94,123)(H,95,124)(H,98,112)(H,99,111)(H,100,113)(H,101,126)(H,102,127)(H,105,125)(H,114,115)(H,116,117)(H,118,119)(H,120,121)(H,128,129)(H,130,131)(H2,103,104,132)/b58-35-,59-36-/t46?,50?,54?,55?,56?,57-,62?,63?,64?,77?/m0/s1. The number of carboxylic acid groups (broad SMARTS) is 6. The number of ketones is 1. The van der Waals surface area contributed by atoms with Crippen LogP contribution in [0.5, 0.6) is 0 Å². The van der Waals surface area contributed by atoms with Crippen LogP contribution < -0.4 is 80.2 Å². The number of hydrogen-bond donors (Lipinski definition) is 23. The van der Waals surface area contributed by atoms with Crippen LogP contribution in [0.4, 0.5) is 4.79 Å². The summed E-state index contributed by atoms with van der Waals surface area (Å²) in [6.07, 6.45) is 6.06. The zero-order valence-electron chi connectivity index (χ0n) is 75.5. The van der Waals surface area contributed by atoms with E-state index in [4.69, 9.17) is 15.8 Å². The minimum absolute atomic E-state index is 0.0111. The Bertz CT molecular complexity index is 4670. The van der Waals surface area contributed by atoms with Gasteiger partial charge >= 0.3 is 41.8 Å². The molecule has 0 fully saturated rings. The Kier molecular flexibility index (Phi) is 46.9. The molecule has 45 nitrogen and oxygen atoms in total. The van der Waals surface area contributed by atoms with Crippen LogP contribution in [-0.2, 0) is 91.1 Å². The molecule has 726 valence electrons. The van der Waals surface area contributed by atoms with Gasteiger partial charge in [0.05, 0.1) is 44.8 Å². The maximum absolute atomic E-state index is 14.1. The number of carboxylic acids is 6. The van der Waals surface area contributed by atoms with E-state index < -0.39 is 226 Å². The summed E-state index contributed by atoms with van der Waals surface area (Å²) in [6, 6.07) is -14.6. The molecule has 1 aliphatic carbocycles. The molecule has 3 aliphatic rings. The van der Waals surface area contributed by atoms with E-state index in [0.717, 1.165) is 68.3 Å². The maximum Gasteiger partial charge on any atom is 0.326 e. The summed E-state index contributed by atoms with van der Waals surface area (Å²) in [6.45, 7) is 19.7. The molecule has 14 amide bonds. The maximum atomic E-state index is 14.1. The second kappa shape index (κ2) is 56.0. The average molecular weight is 1860 g/mol. The largest absolute Gasteiger partial charge is 0.481 e. The molecule has 0 spiro atoms. The van der Waals surface area contributed by atoms with E-state index in [2.05, 4.69) is 99.3 Å². The van der Waals surface area contributed by atoms with Crippen LogP contribution in [0.15, 0.2) is 61.5 Å². The molecule has 3 heterocycles. The number of nitrogens with two attached hydrogens (primary N) is 1. The van der Waals surface area contributed by atoms with Gasteiger partial charge < -0.3 is 121 Å². The van der Waals surface area contributed by atoms with Crippen molar-refractivity contribution >= 4 is 149 Å². The van der Waals surface area contributed by atoms with Crippen molar-refractivity contribution in [3.63, 3.8) is 0 Å². The fraction of sp³-hybridized carbons (Fsp3) is 0.563. The molecule has 0 bridgehead atoms. The fourth-order valence-electron chi connectivity index (χ4n) is 14.8. The summed E-state index contributed by atoms with van der Waals surface area (Å²) >= 11 is 0. The van der Waals surface area contributed by atoms with Crippen molar-refractivity contribution in [2.24, 2.45) is 33.5 Å². The van der Waals surface area contributed by atoms with Crippen molar-refractivity contribution in [3.05, 3.63) is 74.1 Å². The zero-order chi connectivity index (χ0) is 98.8. The highest BCUT2D eigenvalue weighted by atomic mass is 16.4. The number of aromatic nitrogens is 1. The van der Waals surface area contributed by atoms with Gasteiger partial charge in [-0.2, -0.15) is 0 Å². The number of nitrogens with zero attached hydrogens (tertiary/aromatic N) is 2. The number of aromatic amines is 1. The van der Waals surface area contributed by atoms with Gasteiger partial charge in [-0.1, -0.05) is 53.2 Å². The summed E-state index contributed by atoms with van der Waals surface area (Å²) in [7, 11) is 0. The highest BCUT2D eigenvalue weighted by Gasteiger charge is 2.38. The van der Waals surface area contributed by atoms with E-state index in [1.165, 1.54) is 13.8 Å². The van der Waals surface area contributed by atoms with Crippen molar-refractivity contribution in [1.29, 1.82) is 0 Å². The molecule has 4 rings (SSSR count). The average Bonchev–Trinajstić information content (AvgIpc) is 1.61. The minimum Gasteiger partial charge on any atom is -0.481 e. The van der Waals surface area contributed by atoms with E-state index in [-0.39, 0.29) is 94.4 Å². The minimum atomic E-state index is -2.01. The smallest absolute Gasteiger partial charge is 0.326 e. The van der Waals surface area contributed by atoms with Crippen LogP contribution in [0.2, 0.25) is 0 Å². The van der Waals surface area contributed by atoms with Crippen molar-refractivity contribution in [3.8, 4) is 0 Å². The van der Waals surface area contributed by atoms with Gasteiger partial charge in [-0.15, -0.1) is 0 Å². The molecule has 2 aliphatic heterocycles. The number of aliphatic carboxylic acids is 6. The highest BCUT2D eigenvalue weighted by Crippen LogP contribution is 2.41. The molecule has 0 radical (unpaired) electrons. The predicted octanol–water partition coefficient (Wildman–Crippen LogP) is 0.308. The molecular formula is C87H126N18O27. The number of nitrogens with one attached hydrogen (secondary N) is 15. The first kappa shape index (κ1) is 111. The van der Waals surface area contributed by atoms with Gasteiger partial charge in [-0.3, -0.25) is 91.5 Å². The molecule has 9 unspecified atom stereocenters. The Morgan fingerprint density at radius 3 is 1.52 bits per heavy atom. The van der Waals surface area contributed by atoms with Crippen LogP contribution in [0.1, 0.15) is 219 Å². The molecular weight excluding hydrogens is 1730 g/mol. The number of Topliss-reactive ketones (excluding diaryl/α,β-unsaturated/α-hetero) is 1. The Labute approximate surface area is 761 Å². The number of aliphatic imine (C=N–C) groups is 2. The lowest BCUT2D eigenvalue weighted by molar-refractivity contribution is -0.142. The normalized spacial score (nSPS) is 15.4. The fourth-order valence-corrected chi connectivity index (χ4v) is 14.8. The SMILES string of the molecule is C=Cc1c(/C=C2\N=C(C)C(CC)=C2C)[nH]c(/C=C(\N=C)C(C)C(CCC(=O)NCC(=O)NC(CC(=O)O)C(=O)NC(CCC(=O)O)C(=O)NC(C(=O)NC(CC(=O)O)C(=O)NCC(=O)NC(CO)C(=O)NCC(=O)NC(CCCCNC(=O)CCCCCCC(=O)NCCCCC(NC(=O)N[C@@H](CCC(=O)O)C(=O)O)C(=O)O)C(N)=O)C(C)C)CC2=C3NCC(C)=C3C(=O)C2)c1C. The molecule has 24 N–H and O–H groups in total. The third-order valence-corrected chi connectivity index (χ3v) is 22.1. The topological polar surface area (TPSA) is 718 Å². The molecule has 0 saturated carbocycles. The number of aliphatic hydroxyl groups excluding tert-OH is 1. The Hall–Kier alpha value is -13.8. The number of rotatable bonds is 63. The summed E-state index contributed by atoms with van der Waals surface area (Å²) in [4.78, 5) is 267. The summed E-state index contributed by atoms with van der Waals surface area (Å²) < 4.78 is 0. The number of allylic oxidation sites excluding steroid dienone is 5. The number of primary amides is 1. The molecule has 1 aromatic heterocycles. The molecule has 132 heavy (non-hydrogen) atoms. The van der Waals surface area contributed by atoms with Gasteiger partial charge in [0.15, 0.2) is 5.78 Å². The van der Waals surface area contributed by atoms with Crippen molar-refractivity contribution in [1.82, 2.24) is 79.4 Å². The molecule has 1 aromatic rings. The van der Waals surface area contributed by atoms with Crippen molar-refractivity contribution in [2.45, 2.75) is 251 Å². The lowest BCUT2D eigenvalue weighted by Gasteiger charge is -2.27. The molecule has 0 aromatic carbocycles. The zero-order valence-corrected chi connectivity index (χ0v) is 75.5. The van der Waals surface area contributed by atoms with Crippen LogP contribution >= 0.6 is 0 Å². The van der Waals surface area contributed by atoms with Gasteiger partial charge in [-0.25, -0.2) is 14.4 Å². The lowest BCUT2D eigenvalue weighted by atomic mass is 9.81. The Morgan fingerprint density at radius 1 is 0.523 bits per heavy atom. The number of urea groups is 1. The van der Waals surface area contributed by atoms with Gasteiger partial charge in [0.25, 0.3) is 0 Å². The predicted molar refractivity (Wildman–Crippen MR) is 477 cm³/mol. The number of hydrogen-bond acceptors (Lipinski definition) is 24. The number of carbonyl (C=O) groups excluding carboxylic acids is 14. The monoisotopic (exact) mass is 1850 g/mol. The van der Waals surface area contributed by atoms with Gasteiger partial charge in [0.1, 0.15) is 48.3 Å².